The Morgan fingerprint density at radius 3 is 2.84 bits per heavy atom. The molecule has 0 aliphatic heterocycles. The molecule has 0 bridgehead atoms. The summed E-state index contributed by atoms with van der Waals surface area (Å²) in [6.07, 6.45) is 0. The zero-order valence-corrected chi connectivity index (χ0v) is 11.8. The zero-order valence-electron chi connectivity index (χ0n) is 9.45. The minimum atomic E-state index is -0.363. The number of rotatable bonds is 1. The van der Waals surface area contributed by atoms with Crippen LogP contribution in [0.25, 0.3) is 22.6 Å². The van der Waals surface area contributed by atoms with Gasteiger partial charge in [-0.2, -0.15) is 0 Å². The number of nitrogens with zero attached hydrogens (tertiary/aromatic N) is 1. The quantitative estimate of drug-likeness (QED) is 0.656. The fourth-order valence-corrected chi connectivity index (χ4v) is 2.31. The van der Waals surface area contributed by atoms with Gasteiger partial charge in [0, 0.05) is 10.5 Å². The third kappa shape index (κ3) is 2.19. The number of benzene rings is 2. The van der Waals surface area contributed by atoms with Crippen molar-refractivity contribution in [3.8, 4) is 11.5 Å². The number of nitrogens with two attached hydrogens (primary N) is 1. The van der Waals surface area contributed by atoms with Gasteiger partial charge in [0.2, 0.25) is 5.89 Å². The summed E-state index contributed by atoms with van der Waals surface area (Å²) in [5.41, 5.74) is 7.73. The molecule has 19 heavy (non-hydrogen) atoms. The van der Waals surface area contributed by atoms with Gasteiger partial charge in [0.25, 0.3) is 0 Å². The van der Waals surface area contributed by atoms with E-state index in [2.05, 4.69) is 20.9 Å². The zero-order chi connectivity index (χ0) is 13.6. The summed E-state index contributed by atoms with van der Waals surface area (Å²) in [5, 5.41) is 0.408. The molecular formula is C13H7BrClFN2O. The lowest BCUT2D eigenvalue weighted by molar-refractivity contribution is 0.610. The van der Waals surface area contributed by atoms with Gasteiger partial charge >= 0.3 is 0 Å². The van der Waals surface area contributed by atoms with Crippen LogP contribution in [0.3, 0.4) is 0 Å². The topological polar surface area (TPSA) is 52.0 Å². The average molecular weight is 342 g/mol. The van der Waals surface area contributed by atoms with Gasteiger partial charge in [-0.1, -0.05) is 11.6 Å². The molecule has 0 spiro atoms. The van der Waals surface area contributed by atoms with Gasteiger partial charge in [0.05, 0.1) is 16.3 Å². The number of nitrogen functional groups attached to an aromatic ring is 1. The second-order valence-electron chi connectivity index (χ2n) is 3.98. The van der Waals surface area contributed by atoms with Crippen molar-refractivity contribution in [2.45, 2.75) is 0 Å². The molecule has 3 nitrogen and oxygen atoms in total. The Balaban J connectivity index is 2.23. The van der Waals surface area contributed by atoms with Crippen LogP contribution in [0.15, 0.2) is 39.2 Å². The van der Waals surface area contributed by atoms with E-state index in [9.17, 15) is 4.39 Å². The summed E-state index contributed by atoms with van der Waals surface area (Å²) in [4.78, 5) is 4.28. The Morgan fingerprint density at radius 1 is 1.26 bits per heavy atom. The van der Waals surface area contributed by atoms with E-state index < -0.39 is 0 Å². The number of anilines is 1. The summed E-state index contributed by atoms with van der Waals surface area (Å²) in [6, 6.07) is 7.51. The van der Waals surface area contributed by atoms with E-state index in [1.807, 2.05) is 0 Å². The Hall–Kier alpha value is -1.59. The van der Waals surface area contributed by atoms with Gasteiger partial charge in [-0.3, -0.25) is 0 Å². The Bertz CT molecular complexity index is 749. The van der Waals surface area contributed by atoms with E-state index in [0.717, 1.165) is 0 Å². The second kappa shape index (κ2) is 4.51. The molecule has 0 aliphatic rings. The Kier molecular flexibility index (Phi) is 2.95. The van der Waals surface area contributed by atoms with Gasteiger partial charge in [0.15, 0.2) is 5.58 Å². The number of oxazole rings is 1. The van der Waals surface area contributed by atoms with Crippen molar-refractivity contribution in [3.63, 3.8) is 0 Å². The molecule has 3 rings (SSSR count). The van der Waals surface area contributed by atoms with Crippen LogP contribution in [0, 0.1) is 5.82 Å². The van der Waals surface area contributed by atoms with Crippen molar-refractivity contribution < 1.29 is 8.81 Å². The van der Waals surface area contributed by atoms with Crippen molar-refractivity contribution in [2.75, 3.05) is 5.73 Å². The summed E-state index contributed by atoms with van der Waals surface area (Å²) in [7, 11) is 0. The number of hydrogen-bond donors (Lipinski definition) is 1. The molecule has 0 fully saturated rings. The lowest BCUT2D eigenvalue weighted by atomic mass is 10.2. The fourth-order valence-electron chi connectivity index (χ4n) is 1.74. The normalized spacial score (nSPS) is 11.1. The van der Waals surface area contributed by atoms with Crippen LogP contribution >= 0.6 is 27.5 Å². The van der Waals surface area contributed by atoms with Gasteiger partial charge in [0.1, 0.15) is 11.3 Å². The third-order valence-corrected chi connectivity index (χ3v) is 3.68. The lowest BCUT2D eigenvalue weighted by Gasteiger charge is -1.98. The van der Waals surface area contributed by atoms with E-state index in [0.29, 0.717) is 37.7 Å². The minimum absolute atomic E-state index is 0.308. The van der Waals surface area contributed by atoms with Gasteiger partial charge < -0.3 is 10.2 Å². The van der Waals surface area contributed by atoms with E-state index >= 15 is 0 Å². The molecule has 0 unspecified atom stereocenters. The summed E-state index contributed by atoms with van der Waals surface area (Å²) in [5.74, 6) is -0.0546. The number of aromatic nitrogens is 1. The first-order valence-electron chi connectivity index (χ1n) is 5.35. The third-order valence-electron chi connectivity index (χ3n) is 2.67. The maximum Gasteiger partial charge on any atom is 0.228 e. The van der Waals surface area contributed by atoms with Crippen molar-refractivity contribution in [2.24, 2.45) is 0 Å². The SMILES string of the molecule is Nc1cc2oc(-c3cc(F)ccc3Br)nc2cc1Cl. The van der Waals surface area contributed by atoms with Crippen LogP contribution in [0.2, 0.25) is 5.02 Å². The van der Waals surface area contributed by atoms with Gasteiger partial charge in [-0.05, 0) is 40.2 Å². The van der Waals surface area contributed by atoms with Crippen LogP contribution in [0.1, 0.15) is 0 Å². The number of fused-ring (bicyclic) bond motifs is 1. The molecule has 2 N–H and O–H groups in total. The van der Waals surface area contributed by atoms with Crippen LogP contribution in [-0.2, 0) is 0 Å². The first-order chi connectivity index (χ1) is 9.04. The highest BCUT2D eigenvalue weighted by Gasteiger charge is 2.13. The van der Waals surface area contributed by atoms with E-state index in [1.165, 1.54) is 12.1 Å². The molecule has 2 aromatic carbocycles. The summed E-state index contributed by atoms with van der Waals surface area (Å²) < 4.78 is 19.6. The van der Waals surface area contributed by atoms with Crippen LogP contribution in [0.4, 0.5) is 10.1 Å². The Morgan fingerprint density at radius 2 is 2.05 bits per heavy atom. The fraction of sp³-hybridized carbons (Fsp3) is 0. The summed E-state index contributed by atoms with van der Waals surface area (Å²) >= 11 is 9.26. The van der Waals surface area contributed by atoms with E-state index in [4.69, 9.17) is 21.8 Å². The molecular weight excluding hydrogens is 335 g/mol. The van der Waals surface area contributed by atoms with Crippen LogP contribution in [-0.4, -0.2) is 4.98 Å². The van der Waals surface area contributed by atoms with Crippen molar-refractivity contribution in [1.82, 2.24) is 4.98 Å². The molecule has 0 atom stereocenters. The molecule has 96 valence electrons. The van der Waals surface area contributed by atoms with Crippen molar-refractivity contribution >= 4 is 44.3 Å². The molecule has 0 aliphatic carbocycles. The van der Waals surface area contributed by atoms with E-state index in [1.54, 1.807) is 18.2 Å². The number of hydrogen-bond acceptors (Lipinski definition) is 3. The molecule has 1 aromatic heterocycles. The minimum Gasteiger partial charge on any atom is -0.436 e. The monoisotopic (exact) mass is 340 g/mol. The Labute approximate surface area is 121 Å². The largest absolute Gasteiger partial charge is 0.436 e. The van der Waals surface area contributed by atoms with Crippen molar-refractivity contribution in [3.05, 3.63) is 45.6 Å². The van der Waals surface area contributed by atoms with E-state index in [-0.39, 0.29) is 5.82 Å². The first kappa shape index (κ1) is 12.4. The number of halogens is 3. The molecule has 1 heterocycles. The smallest absolute Gasteiger partial charge is 0.228 e. The maximum absolute atomic E-state index is 13.3. The second-order valence-corrected chi connectivity index (χ2v) is 5.25. The highest BCUT2D eigenvalue weighted by Crippen LogP contribution is 2.33. The molecule has 3 aromatic rings. The van der Waals surface area contributed by atoms with Gasteiger partial charge in [-0.25, -0.2) is 9.37 Å². The van der Waals surface area contributed by atoms with Crippen LogP contribution < -0.4 is 5.73 Å². The molecule has 0 saturated carbocycles. The standard InChI is InChI=1S/C13H7BrClFN2O/c14-8-2-1-6(16)3-7(8)13-18-11-4-9(15)10(17)5-12(11)19-13/h1-5H,17H2. The summed E-state index contributed by atoms with van der Waals surface area (Å²) in [6.45, 7) is 0. The maximum atomic E-state index is 13.3. The molecule has 0 saturated heterocycles. The highest BCUT2D eigenvalue weighted by molar-refractivity contribution is 9.10. The molecule has 0 radical (unpaired) electrons. The van der Waals surface area contributed by atoms with Crippen LogP contribution in [0.5, 0.6) is 0 Å². The molecule has 0 amide bonds. The molecule has 6 heteroatoms. The first-order valence-corrected chi connectivity index (χ1v) is 6.52. The average Bonchev–Trinajstić information content (AvgIpc) is 2.75. The highest BCUT2D eigenvalue weighted by atomic mass is 79.9. The van der Waals surface area contributed by atoms with Crippen molar-refractivity contribution in [1.29, 1.82) is 0 Å². The predicted molar refractivity (Wildman–Crippen MR) is 76.5 cm³/mol. The predicted octanol–water partition coefficient (Wildman–Crippen LogP) is 4.63. The van der Waals surface area contributed by atoms with Gasteiger partial charge in [-0.15, -0.1) is 0 Å². The lowest BCUT2D eigenvalue weighted by Crippen LogP contribution is -1.84.